The van der Waals surface area contributed by atoms with Gasteiger partial charge < -0.3 is 5.11 Å². The van der Waals surface area contributed by atoms with Crippen molar-refractivity contribution in [2.24, 2.45) is 0 Å². The van der Waals surface area contributed by atoms with Crippen LogP contribution in [0, 0.1) is 0 Å². The molecule has 6 aromatic rings. The lowest BCUT2D eigenvalue weighted by Gasteiger charge is -2.29. The van der Waals surface area contributed by atoms with Crippen LogP contribution >= 0.6 is 15.9 Å². The van der Waals surface area contributed by atoms with Crippen LogP contribution in [0.2, 0.25) is 0 Å². The van der Waals surface area contributed by atoms with E-state index in [0.717, 1.165) is 60.4 Å². The average Bonchev–Trinajstić information content (AvgIpc) is 3.43. The summed E-state index contributed by atoms with van der Waals surface area (Å²) in [4.78, 5) is 5.03. The highest BCUT2D eigenvalue weighted by Gasteiger charge is 2.44. The van der Waals surface area contributed by atoms with Crippen molar-refractivity contribution in [3.8, 4) is 28.2 Å². The predicted molar refractivity (Wildman–Crippen MR) is 148 cm³/mol. The molecule has 36 heavy (non-hydrogen) atoms. The summed E-state index contributed by atoms with van der Waals surface area (Å²) in [6.45, 7) is 0. The first-order valence-corrected chi connectivity index (χ1v) is 12.7. The quantitative estimate of drug-likeness (QED) is 0.255. The molecule has 1 aromatic heterocycles. The third kappa shape index (κ3) is 2.98. The Labute approximate surface area is 217 Å². The Morgan fingerprint density at radius 2 is 1.31 bits per heavy atom. The highest BCUT2D eigenvalue weighted by Crippen LogP contribution is 2.53. The molecule has 172 valence electrons. The van der Waals surface area contributed by atoms with E-state index in [1.165, 1.54) is 0 Å². The zero-order chi connectivity index (χ0) is 24.3. The van der Waals surface area contributed by atoms with Crippen molar-refractivity contribution in [3.05, 3.63) is 142 Å². The van der Waals surface area contributed by atoms with E-state index in [1.807, 2.05) is 84.9 Å². The van der Waals surface area contributed by atoms with Gasteiger partial charge in [-0.2, -0.15) is 0 Å². The molecule has 1 unspecified atom stereocenters. The summed E-state index contributed by atoms with van der Waals surface area (Å²) in [6, 6.07) is 40.8. The maximum atomic E-state index is 12.8. The van der Waals surface area contributed by atoms with Gasteiger partial charge in [-0.15, -0.1) is 0 Å². The van der Waals surface area contributed by atoms with E-state index in [9.17, 15) is 5.11 Å². The summed E-state index contributed by atoms with van der Waals surface area (Å²) in [6.07, 6.45) is 0. The largest absolute Gasteiger partial charge is 0.376 e. The Morgan fingerprint density at radius 1 is 0.639 bits per heavy atom. The average molecular weight is 529 g/mol. The first-order valence-electron chi connectivity index (χ1n) is 11.9. The van der Waals surface area contributed by atoms with E-state index in [2.05, 4.69) is 56.9 Å². The molecule has 0 radical (unpaired) electrons. The number of fused-ring (bicyclic) bond motifs is 4. The molecule has 0 spiro atoms. The number of rotatable bonds is 3. The molecular formula is C32H21BrN2O. The molecule has 1 N–H and O–H groups in total. The zero-order valence-electron chi connectivity index (χ0n) is 19.3. The molecule has 1 heterocycles. The van der Waals surface area contributed by atoms with Crippen molar-refractivity contribution >= 4 is 27.0 Å². The number of nitrogens with zero attached hydrogens (tertiary/aromatic N) is 2. The first kappa shape index (κ1) is 21.3. The molecule has 0 amide bonds. The fourth-order valence-electron chi connectivity index (χ4n) is 5.54. The van der Waals surface area contributed by atoms with Gasteiger partial charge in [-0.25, -0.2) is 4.98 Å². The Morgan fingerprint density at radius 3 is 2.17 bits per heavy atom. The maximum absolute atomic E-state index is 12.8. The summed E-state index contributed by atoms with van der Waals surface area (Å²) in [5.41, 5.74) is 7.16. The number of aromatic nitrogens is 2. The minimum atomic E-state index is -1.33. The molecule has 3 nitrogen and oxygen atoms in total. The second-order valence-electron chi connectivity index (χ2n) is 9.09. The van der Waals surface area contributed by atoms with Crippen molar-refractivity contribution in [2.45, 2.75) is 5.60 Å². The van der Waals surface area contributed by atoms with Gasteiger partial charge in [-0.05, 0) is 41.5 Å². The number of para-hydroxylation sites is 3. The standard InChI is InChI=1S/C32H21BrN2O/c33-22-18-19-24-23-12-4-5-13-25(23)32(36,27(24)20-22)26-14-6-8-16-29(26)35-30-17-9-7-15-28(30)34-31(35)21-10-2-1-3-11-21/h1-20,36H. The van der Waals surface area contributed by atoms with Crippen LogP contribution < -0.4 is 0 Å². The van der Waals surface area contributed by atoms with Gasteiger partial charge in [0.25, 0.3) is 0 Å². The van der Waals surface area contributed by atoms with Crippen LogP contribution in [-0.4, -0.2) is 14.7 Å². The Hall–Kier alpha value is -3.99. The Bertz CT molecular complexity index is 1770. The SMILES string of the molecule is OC1(c2ccccc2-n2c(-c3ccccc3)nc3ccccc32)c2ccccc2-c2ccc(Br)cc21. The van der Waals surface area contributed by atoms with Crippen LogP contribution in [0.25, 0.3) is 39.2 Å². The third-order valence-corrected chi connectivity index (χ3v) is 7.60. The van der Waals surface area contributed by atoms with Crippen LogP contribution in [0.1, 0.15) is 16.7 Å². The lowest BCUT2D eigenvalue weighted by molar-refractivity contribution is 0.130. The molecule has 0 fully saturated rings. The first-order chi connectivity index (χ1) is 17.7. The Kier molecular flexibility index (Phi) is 4.75. The summed E-state index contributed by atoms with van der Waals surface area (Å²) >= 11 is 3.64. The van der Waals surface area contributed by atoms with Crippen molar-refractivity contribution < 1.29 is 5.11 Å². The number of aliphatic hydroxyl groups is 1. The van der Waals surface area contributed by atoms with Gasteiger partial charge in [0.1, 0.15) is 11.4 Å². The highest BCUT2D eigenvalue weighted by molar-refractivity contribution is 9.10. The number of hydrogen-bond donors (Lipinski definition) is 1. The zero-order valence-corrected chi connectivity index (χ0v) is 20.9. The van der Waals surface area contributed by atoms with Gasteiger partial charge in [0.15, 0.2) is 0 Å². The normalized spacial score (nSPS) is 16.2. The molecule has 5 aromatic carbocycles. The van der Waals surface area contributed by atoms with E-state index in [-0.39, 0.29) is 0 Å². The molecule has 0 saturated carbocycles. The van der Waals surface area contributed by atoms with Crippen molar-refractivity contribution in [1.82, 2.24) is 9.55 Å². The van der Waals surface area contributed by atoms with Crippen LogP contribution in [0.5, 0.6) is 0 Å². The van der Waals surface area contributed by atoms with E-state index in [0.29, 0.717) is 0 Å². The van der Waals surface area contributed by atoms with Gasteiger partial charge in [-0.3, -0.25) is 4.57 Å². The van der Waals surface area contributed by atoms with Gasteiger partial charge in [-0.1, -0.05) is 107 Å². The molecule has 1 aliphatic rings. The molecule has 0 aliphatic heterocycles. The minimum absolute atomic E-state index is 0.814. The van der Waals surface area contributed by atoms with Crippen molar-refractivity contribution in [1.29, 1.82) is 0 Å². The lowest BCUT2D eigenvalue weighted by atomic mass is 9.83. The second-order valence-corrected chi connectivity index (χ2v) is 10.0. The smallest absolute Gasteiger partial charge is 0.145 e. The van der Waals surface area contributed by atoms with Gasteiger partial charge in [0.2, 0.25) is 0 Å². The summed E-state index contributed by atoms with van der Waals surface area (Å²) in [7, 11) is 0. The Balaban J connectivity index is 1.58. The fourth-order valence-corrected chi connectivity index (χ4v) is 5.91. The summed E-state index contributed by atoms with van der Waals surface area (Å²) in [5.74, 6) is 0.841. The number of benzene rings is 5. The fraction of sp³-hybridized carbons (Fsp3) is 0.0312. The van der Waals surface area contributed by atoms with Crippen LogP contribution in [0.3, 0.4) is 0 Å². The number of hydrogen-bond acceptors (Lipinski definition) is 2. The molecule has 7 rings (SSSR count). The van der Waals surface area contributed by atoms with Gasteiger partial charge >= 0.3 is 0 Å². The highest BCUT2D eigenvalue weighted by atomic mass is 79.9. The van der Waals surface area contributed by atoms with Gasteiger partial charge in [0, 0.05) is 26.7 Å². The summed E-state index contributed by atoms with van der Waals surface area (Å²) < 4.78 is 3.11. The second kappa shape index (κ2) is 8.02. The van der Waals surface area contributed by atoms with Crippen molar-refractivity contribution in [2.75, 3.05) is 0 Å². The van der Waals surface area contributed by atoms with E-state index in [1.54, 1.807) is 0 Å². The molecule has 0 saturated heterocycles. The number of imidazole rings is 1. The van der Waals surface area contributed by atoms with Gasteiger partial charge in [0.05, 0.1) is 16.7 Å². The van der Waals surface area contributed by atoms with Crippen LogP contribution in [-0.2, 0) is 5.60 Å². The number of halogens is 1. The molecule has 0 bridgehead atoms. The molecular weight excluding hydrogens is 508 g/mol. The predicted octanol–water partition coefficient (Wildman–Crippen LogP) is 7.72. The molecule has 1 aliphatic carbocycles. The van der Waals surface area contributed by atoms with Crippen LogP contribution in [0.4, 0.5) is 0 Å². The monoisotopic (exact) mass is 528 g/mol. The molecule has 4 heteroatoms. The van der Waals surface area contributed by atoms with Crippen molar-refractivity contribution in [3.63, 3.8) is 0 Å². The summed E-state index contributed by atoms with van der Waals surface area (Å²) in [5, 5.41) is 12.8. The lowest BCUT2D eigenvalue weighted by Crippen LogP contribution is -2.28. The van der Waals surface area contributed by atoms with E-state index >= 15 is 0 Å². The minimum Gasteiger partial charge on any atom is -0.376 e. The molecule has 1 atom stereocenters. The van der Waals surface area contributed by atoms with Crippen LogP contribution in [0.15, 0.2) is 126 Å². The topological polar surface area (TPSA) is 38.0 Å². The maximum Gasteiger partial charge on any atom is 0.145 e. The third-order valence-electron chi connectivity index (χ3n) is 7.11. The van der Waals surface area contributed by atoms with E-state index in [4.69, 9.17) is 4.98 Å². The van der Waals surface area contributed by atoms with E-state index < -0.39 is 5.60 Å².